The van der Waals surface area contributed by atoms with Crippen molar-refractivity contribution in [2.45, 2.75) is 25.3 Å². The molecule has 1 aromatic rings. The van der Waals surface area contributed by atoms with Crippen molar-refractivity contribution < 1.29 is 4.39 Å². The third kappa shape index (κ3) is 3.74. The van der Waals surface area contributed by atoms with E-state index in [1.807, 2.05) is 0 Å². The second-order valence-corrected chi connectivity index (χ2v) is 3.99. The number of pyridine rings is 1. The molecule has 0 radical (unpaired) electrons. The molecule has 0 aliphatic carbocycles. The Morgan fingerprint density at radius 3 is 2.75 bits per heavy atom. The standard InChI is InChI=1S/C10H12ClFN2.2ClH/c11-9-5-13-6-10(12)8(9)4-7-2-1-3-14-7;;/h5-7,14H,1-4H2;2*1H. The van der Waals surface area contributed by atoms with Gasteiger partial charge in [0.1, 0.15) is 5.82 Å². The first-order valence-corrected chi connectivity index (χ1v) is 5.16. The van der Waals surface area contributed by atoms with E-state index in [9.17, 15) is 4.39 Å². The quantitative estimate of drug-likeness (QED) is 0.904. The third-order valence-electron chi connectivity index (χ3n) is 2.57. The van der Waals surface area contributed by atoms with Gasteiger partial charge in [0.05, 0.1) is 11.2 Å². The lowest BCUT2D eigenvalue weighted by Gasteiger charge is -2.11. The average molecular weight is 288 g/mol. The van der Waals surface area contributed by atoms with Gasteiger partial charge in [-0.2, -0.15) is 0 Å². The summed E-state index contributed by atoms with van der Waals surface area (Å²) in [5, 5.41) is 3.74. The maximum Gasteiger partial charge on any atom is 0.146 e. The predicted molar refractivity (Wildman–Crippen MR) is 68.4 cm³/mol. The Morgan fingerprint density at radius 2 is 2.19 bits per heavy atom. The maximum absolute atomic E-state index is 13.3. The van der Waals surface area contributed by atoms with Gasteiger partial charge in [-0.3, -0.25) is 4.98 Å². The van der Waals surface area contributed by atoms with Gasteiger partial charge < -0.3 is 5.32 Å². The van der Waals surface area contributed by atoms with E-state index in [1.54, 1.807) is 0 Å². The smallest absolute Gasteiger partial charge is 0.146 e. The minimum atomic E-state index is -0.300. The Hall–Kier alpha value is -0.0900. The van der Waals surface area contributed by atoms with Crippen molar-refractivity contribution in [3.05, 3.63) is 28.8 Å². The molecule has 1 unspecified atom stereocenters. The van der Waals surface area contributed by atoms with E-state index < -0.39 is 0 Å². The van der Waals surface area contributed by atoms with Crippen LogP contribution in [0.3, 0.4) is 0 Å². The summed E-state index contributed by atoms with van der Waals surface area (Å²) in [4.78, 5) is 3.69. The molecule has 1 aliphatic rings. The van der Waals surface area contributed by atoms with Crippen LogP contribution in [0.1, 0.15) is 18.4 Å². The van der Waals surface area contributed by atoms with Crippen LogP contribution in [-0.2, 0) is 6.42 Å². The third-order valence-corrected chi connectivity index (χ3v) is 2.89. The summed E-state index contributed by atoms with van der Waals surface area (Å²) in [7, 11) is 0. The predicted octanol–water partition coefficient (Wildman–Crippen LogP) is 3.01. The van der Waals surface area contributed by atoms with Gasteiger partial charge in [0.15, 0.2) is 0 Å². The molecule has 1 fully saturated rings. The van der Waals surface area contributed by atoms with Crippen molar-refractivity contribution in [2.75, 3.05) is 6.54 Å². The number of rotatable bonds is 2. The van der Waals surface area contributed by atoms with Gasteiger partial charge in [0.2, 0.25) is 0 Å². The van der Waals surface area contributed by atoms with E-state index in [2.05, 4.69) is 10.3 Å². The molecule has 2 rings (SSSR count). The Bertz CT molecular complexity index is 310. The topological polar surface area (TPSA) is 24.9 Å². The molecule has 1 aliphatic heterocycles. The second kappa shape index (κ2) is 7.28. The number of hydrogen-bond donors (Lipinski definition) is 1. The van der Waals surface area contributed by atoms with Gasteiger partial charge in [-0.05, 0) is 25.8 Å². The molecule has 1 aromatic heterocycles. The molecule has 2 heterocycles. The van der Waals surface area contributed by atoms with Gasteiger partial charge in [-0.1, -0.05) is 11.6 Å². The molecular formula is C10H14Cl3FN2. The minimum absolute atomic E-state index is 0. The van der Waals surface area contributed by atoms with Crippen LogP contribution in [0.2, 0.25) is 5.02 Å². The van der Waals surface area contributed by atoms with Crippen molar-refractivity contribution in [1.82, 2.24) is 10.3 Å². The number of halogens is 4. The first kappa shape index (κ1) is 15.9. The highest BCUT2D eigenvalue weighted by atomic mass is 35.5. The zero-order valence-electron chi connectivity index (χ0n) is 8.58. The van der Waals surface area contributed by atoms with Crippen LogP contribution >= 0.6 is 36.4 Å². The Balaban J connectivity index is 0.00000112. The maximum atomic E-state index is 13.3. The molecule has 2 nitrogen and oxygen atoms in total. The largest absolute Gasteiger partial charge is 0.314 e. The number of hydrogen-bond acceptors (Lipinski definition) is 2. The van der Waals surface area contributed by atoms with Gasteiger partial charge in [0, 0.05) is 17.8 Å². The Morgan fingerprint density at radius 1 is 1.44 bits per heavy atom. The van der Waals surface area contributed by atoms with E-state index in [1.165, 1.54) is 12.4 Å². The normalized spacial score (nSPS) is 18.8. The molecule has 0 bridgehead atoms. The lowest BCUT2D eigenvalue weighted by Crippen LogP contribution is -2.24. The summed E-state index contributed by atoms with van der Waals surface area (Å²) in [6.45, 7) is 1.02. The fourth-order valence-corrected chi connectivity index (χ4v) is 2.03. The van der Waals surface area contributed by atoms with Gasteiger partial charge in [-0.15, -0.1) is 24.8 Å². The van der Waals surface area contributed by atoms with Crippen LogP contribution in [0, 0.1) is 5.82 Å². The van der Waals surface area contributed by atoms with Crippen molar-refractivity contribution in [2.24, 2.45) is 0 Å². The average Bonchev–Trinajstić information content (AvgIpc) is 2.64. The highest BCUT2D eigenvalue weighted by molar-refractivity contribution is 6.31. The second-order valence-electron chi connectivity index (χ2n) is 3.58. The zero-order chi connectivity index (χ0) is 9.97. The fraction of sp³-hybridized carbons (Fsp3) is 0.500. The van der Waals surface area contributed by atoms with Crippen molar-refractivity contribution in [3.63, 3.8) is 0 Å². The lowest BCUT2D eigenvalue weighted by atomic mass is 10.1. The zero-order valence-corrected chi connectivity index (χ0v) is 11.0. The number of aromatic nitrogens is 1. The molecule has 92 valence electrons. The molecule has 16 heavy (non-hydrogen) atoms. The summed E-state index contributed by atoms with van der Waals surface area (Å²) >= 11 is 5.88. The molecule has 6 heteroatoms. The molecule has 1 N–H and O–H groups in total. The van der Waals surface area contributed by atoms with Gasteiger partial charge in [-0.25, -0.2) is 4.39 Å². The van der Waals surface area contributed by atoms with Gasteiger partial charge >= 0.3 is 0 Å². The van der Waals surface area contributed by atoms with Gasteiger partial charge in [0.25, 0.3) is 0 Å². The summed E-state index contributed by atoms with van der Waals surface area (Å²) < 4.78 is 13.3. The Labute approximate surface area is 112 Å². The van der Waals surface area contributed by atoms with Crippen LogP contribution in [-0.4, -0.2) is 17.6 Å². The van der Waals surface area contributed by atoms with E-state index in [-0.39, 0.29) is 30.6 Å². The summed E-state index contributed by atoms with van der Waals surface area (Å²) in [6, 6.07) is 0.365. The van der Waals surface area contributed by atoms with Crippen LogP contribution in [0.4, 0.5) is 4.39 Å². The molecule has 0 aromatic carbocycles. The molecule has 0 amide bonds. The van der Waals surface area contributed by atoms with Crippen molar-refractivity contribution in [3.8, 4) is 0 Å². The number of nitrogens with zero attached hydrogens (tertiary/aromatic N) is 1. The monoisotopic (exact) mass is 286 g/mol. The van der Waals surface area contributed by atoms with Crippen LogP contribution < -0.4 is 5.32 Å². The van der Waals surface area contributed by atoms with Crippen LogP contribution in [0.5, 0.6) is 0 Å². The highest BCUT2D eigenvalue weighted by Gasteiger charge is 2.18. The van der Waals surface area contributed by atoms with E-state index >= 15 is 0 Å². The molecule has 0 spiro atoms. The first-order chi connectivity index (χ1) is 6.77. The first-order valence-electron chi connectivity index (χ1n) is 4.78. The molecule has 0 saturated carbocycles. The lowest BCUT2D eigenvalue weighted by molar-refractivity contribution is 0.557. The minimum Gasteiger partial charge on any atom is -0.314 e. The molecular weight excluding hydrogens is 273 g/mol. The summed E-state index contributed by atoms with van der Waals surface area (Å²) in [5.74, 6) is -0.300. The van der Waals surface area contributed by atoms with Crippen molar-refractivity contribution in [1.29, 1.82) is 0 Å². The molecule has 1 atom stereocenters. The summed E-state index contributed by atoms with van der Waals surface area (Å²) in [6.07, 6.45) is 5.63. The highest BCUT2D eigenvalue weighted by Crippen LogP contribution is 2.21. The van der Waals surface area contributed by atoms with Crippen LogP contribution in [0.15, 0.2) is 12.4 Å². The van der Waals surface area contributed by atoms with Crippen molar-refractivity contribution >= 4 is 36.4 Å². The van der Waals surface area contributed by atoms with E-state index in [0.29, 0.717) is 23.0 Å². The number of nitrogens with one attached hydrogen (secondary N) is 1. The summed E-state index contributed by atoms with van der Waals surface area (Å²) in [5.41, 5.74) is 0.584. The van der Waals surface area contributed by atoms with E-state index in [4.69, 9.17) is 11.6 Å². The Kier molecular flexibility index (Phi) is 7.24. The fourth-order valence-electron chi connectivity index (χ4n) is 1.81. The van der Waals surface area contributed by atoms with E-state index in [0.717, 1.165) is 19.4 Å². The molecule has 1 saturated heterocycles. The SMILES string of the molecule is Cl.Cl.Fc1cncc(Cl)c1CC1CCCN1. The van der Waals surface area contributed by atoms with Crippen LogP contribution in [0.25, 0.3) is 0 Å².